The maximum absolute atomic E-state index is 13.1. The second-order valence-electron chi connectivity index (χ2n) is 14.1. The quantitative estimate of drug-likeness (QED) is 0.0108. The molecular formula is C32H44N8O19S5. The van der Waals surface area contributed by atoms with Gasteiger partial charge in [-0.3, -0.25) is 47.5 Å². The molecule has 0 aromatic carbocycles. The molecule has 0 spiro atoms. The molecule has 0 aromatic heterocycles. The summed E-state index contributed by atoms with van der Waals surface area (Å²) in [5, 5.41) is 10.7. The zero-order valence-electron chi connectivity index (χ0n) is 33.3. The predicted molar refractivity (Wildman–Crippen MR) is 219 cm³/mol. The monoisotopic (exact) mass is 1000 g/mol. The maximum atomic E-state index is 13.1. The fourth-order valence-corrected chi connectivity index (χ4v) is 11.1. The van der Waals surface area contributed by atoms with Crippen molar-refractivity contribution in [3.8, 4) is 0 Å². The van der Waals surface area contributed by atoms with E-state index in [1.807, 2.05) is 0 Å². The van der Waals surface area contributed by atoms with Gasteiger partial charge in [-0.25, -0.2) is 14.4 Å². The summed E-state index contributed by atoms with van der Waals surface area (Å²) in [5.41, 5.74) is 0. The molecule has 0 bridgehead atoms. The highest BCUT2D eigenvalue weighted by molar-refractivity contribution is 8.76. The van der Waals surface area contributed by atoms with Crippen LogP contribution >= 0.6 is 33.3 Å². The molecular weight excluding hydrogens is 961 g/mol. The minimum Gasteiger partial charge on any atom is -0.355 e. The first kappa shape index (κ1) is 51.9. The smallest absolute Gasteiger partial charge is 0.334 e. The normalized spacial score (nSPS) is 22.3. The predicted octanol–water partition coefficient (Wildman–Crippen LogP) is -3.96. The van der Waals surface area contributed by atoms with Crippen LogP contribution in [-0.2, 0) is 77.9 Å². The lowest BCUT2D eigenvalue weighted by Crippen LogP contribution is -2.55. The summed E-state index contributed by atoms with van der Waals surface area (Å²) in [6.45, 7) is -0.920. The van der Waals surface area contributed by atoms with E-state index in [9.17, 15) is 69.6 Å². The third kappa shape index (κ3) is 15.2. The lowest BCUT2D eigenvalue weighted by Gasteiger charge is -2.19. The molecule has 0 aromatic rings. The molecule has 4 rings (SSSR count). The van der Waals surface area contributed by atoms with Crippen LogP contribution in [0.1, 0.15) is 57.8 Å². The van der Waals surface area contributed by atoms with Gasteiger partial charge < -0.3 is 41.6 Å². The van der Waals surface area contributed by atoms with Crippen LogP contribution in [0.25, 0.3) is 0 Å². The number of hydroxylamine groups is 4. The summed E-state index contributed by atoms with van der Waals surface area (Å²) in [6.07, 6.45) is -1.04. The Balaban J connectivity index is 1.18. The summed E-state index contributed by atoms with van der Waals surface area (Å²) in [4.78, 5) is 145. The van der Waals surface area contributed by atoms with E-state index in [0.717, 1.165) is 18.6 Å². The summed E-state index contributed by atoms with van der Waals surface area (Å²) in [5.74, 6) is -10.1. The van der Waals surface area contributed by atoms with Crippen molar-refractivity contribution in [3.63, 3.8) is 0 Å². The number of imide groups is 2. The van der Waals surface area contributed by atoms with Crippen LogP contribution in [0.15, 0.2) is 0 Å². The van der Waals surface area contributed by atoms with Crippen molar-refractivity contribution in [1.82, 2.24) is 42.0 Å². The first-order valence-electron chi connectivity index (χ1n) is 19.2. The van der Waals surface area contributed by atoms with Crippen molar-refractivity contribution in [1.29, 1.82) is 0 Å². The molecule has 4 heterocycles. The minimum atomic E-state index is -5.00. The van der Waals surface area contributed by atoms with E-state index in [-0.39, 0.29) is 46.3 Å². The Hall–Kier alpha value is -4.76. The molecule has 0 radical (unpaired) electrons. The van der Waals surface area contributed by atoms with Gasteiger partial charge in [-0.1, -0.05) is 28.0 Å². The van der Waals surface area contributed by atoms with Crippen LogP contribution in [0.4, 0.5) is 4.79 Å². The maximum Gasteiger partial charge on any atom is 0.334 e. The van der Waals surface area contributed by atoms with E-state index in [2.05, 4.69) is 41.6 Å². The second-order valence-corrected chi connectivity index (χ2v) is 21.3. The Morgan fingerprint density at radius 1 is 0.703 bits per heavy atom. The third-order valence-electron chi connectivity index (χ3n) is 9.40. The fraction of sp³-hybridized carbons (Fsp3) is 0.656. The Morgan fingerprint density at radius 3 is 1.75 bits per heavy atom. The zero-order valence-corrected chi connectivity index (χ0v) is 37.4. The second kappa shape index (κ2) is 23.4. The average molecular weight is 1010 g/mol. The van der Waals surface area contributed by atoms with Gasteiger partial charge in [0.25, 0.3) is 55.7 Å². The Labute approximate surface area is 376 Å². The molecule has 27 nitrogen and oxygen atoms in total. The van der Waals surface area contributed by atoms with Gasteiger partial charge >= 0.3 is 18.0 Å². The largest absolute Gasteiger partial charge is 0.355 e. The SMILES string of the molecule is O=C(CCCC[C@@H]1SCC2NC(=O)NC21)NCCSSCCC(=O)NC(C(=O)NCCC(=O)ON1C(=O)CC(S(=O)(=O)O)C1=O)C(=O)NCCC(=O)ON1C(=O)CC(S(=O)(=O)O)C1=O. The number of urea groups is 1. The number of nitrogens with zero attached hydrogens (tertiary/aromatic N) is 2. The molecule has 4 unspecified atom stereocenters. The number of hydrogen-bond donors (Lipinski definition) is 8. The molecule has 32 heteroatoms. The molecule has 4 aliphatic heterocycles. The Morgan fingerprint density at radius 2 is 1.23 bits per heavy atom. The van der Waals surface area contributed by atoms with Crippen LogP contribution in [0, 0.1) is 0 Å². The summed E-state index contributed by atoms with van der Waals surface area (Å²) >= 11 is 1.80. The topological polar surface area (TPSA) is 394 Å². The molecule has 4 aliphatic rings. The Bertz CT molecular complexity index is 2010. The standard InChI is InChI=1S/C32H44N8O19S5/c41-20(4-2-1-3-17-26-16(15-60-17)36-32(51)38-26)33-10-12-62-61-11-7-21(42)37-27(28(47)34-8-5-24(45)58-39-22(43)13-18(30(39)49)63(52,53)54)29(48)35-9-6-25(46)59-40-23(44)14-19(31(40)50)64(55,56)57/h16-19,26-27H,1-15H2,(H,33,41)(H,34,47)(H,35,48)(H,37,42)(H2,36,38,51)(H,52,53,54)(H,55,56,57)/t16?,17-,18?,19?,26?,27?/m0/s1. The van der Waals surface area contributed by atoms with Crippen molar-refractivity contribution in [2.45, 2.75) is 91.7 Å². The molecule has 0 aliphatic carbocycles. The summed E-state index contributed by atoms with van der Waals surface area (Å²) in [6, 6.07) is -1.94. The third-order valence-corrected chi connectivity index (χ3v) is 15.5. The summed E-state index contributed by atoms with van der Waals surface area (Å²) < 4.78 is 63.5. The number of hydrogen-bond acceptors (Lipinski definition) is 20. The van der Waals surface area contributed by atoms with E-state index in [0.29, 0.717) is 30.4 Å². The lowest BCUT2D eigenvalue weighted by molar-refractivity contribution is -0.197. The first-order chi connectivity index (χ1) is 30.1. The van der Waals surface area contributed by atoms with Gasteiger partial charge in [-0.05, 0) is 12.8 Å². The minimum absolute atomic E-state index is 0.101. The van der Waals surface area contributed by atoms with Gasteiger partial charge in [-0.15, -0.1) is 10.1 Å². The van der Waals surface area contributed by atoms with Crippen molar-refractivity contribution < 1.29 is 88.4 Å². The molecule has 4 saturated heterocycles. The van der Waals surface area contributed by atoms with E-state index >= 15 is 0 Å². The van der Waals surface area contributed by atoms with Crippen molar-refractivity contribution >= 4 is 119 Å². The van der Waals surface area contributed by atoms with Gasteiger partial charge in [0.05, 0.1) is 37.8 Å². The molecule has 8 N–H and O–H groups in total. The van der Waals surface area contributed by atoms with E-state index in [4.69, 9.17) is 9.11 Å². The number of amides is 10. The zero-order chi connectivity index (χ0) is 47.4. The van der Waals surface area contributed by atoms with Crippen molar-refractivity contribution in [2.75, 3.05) is 36.9 Å². The highest BCUT2D eigenvalue weighted by Gasteiger charge is 2.49. The van der Waals surface area contributed by atoms with Gasteiger partial charge in [-0.2, -0.15) is 28.6 Å². The molecule has 5 atom stereocenters. The number of thioether (sulfide) groups is 1. The molecule has 10 amide bonds. The van der Waals surface area contributed by atoms with E-state index in [1.54, 1.807) is 11.8 Å². The highest BCUT2D eigenvalue weighted by Crippen LogP contribution is 2.33. The number of nitrogens with one attached hydrogen (secondary N) is 6. The molecule has 356 valence electrons. The lowest BCUT2D eigenvalue weighted by atomic mass is 10.0. The van der Waals surface area contributed by atoms with Crippen molar-refractivity contribution in [3.05, 3.63) is 0 Å². The van der Waals surface area contributed by atoms with Crippen LogP contribution in [0.3, 0.4) is 0 Å². The average Bonchev–Trinajstić information content (AvgIpc) is 3.93. The van der Waals surface area contributed by atoms with Crippen LogP contribution in [0.2, 0.25) is 0 Å². The van der Waals surface area contributed by atoms with E-state index in [1.165, 1.54) is 21.6 Å². The van der Waals surface area contributed by atoms with Gasteiger partial charge in [0, 0.05) is 55.0 Å². The van der Waals surface area contributed by atoms with Crippen molar-refractivity contribution in [2.24, 2.45) is 0 Å². The Kier molecular flexibility index (Phi) is 19.0. The molecule has 64 heavy (non-hydrogen) atoms. The number of carbonyl (C=O) groups is 11. The van der Waals surface area contributed by atoms with Gasteiger partial charge in [0.15, 0.2) is 16.5 Å². The summed E-state index contributed by atoms with van der Waals surface area (Å²) in [7, 11) is -7.42. The van der Waals surface area contributed by atoms with Gasteiger partial charge in [0.1, 0.15) is 0 Å². The van der Waals surface area contributed by atoms with Crippen LogP contribution in [-0.4, -0.2) is 172 Å². The van der Waals surface area contributed by atoms with Crippen LogP contribution in [0.5, 0.6) is 0 Å². The number of rotatable bonds is 25. The number of unbranched alkanes of at least 4 members (excludes halogenated alkanes) is 1. The number of fused-ring (bicyclic) bond motifs is 1. The van der Waals surface area contributed by atoms with Gasteiger partial charge in [0.2, 0.25) is 11.8 Å². The molecule has 4 fully saturated rings. The van der Waals surface area contributed by atoms with Crippen LogP contribution < -0.4 is 31.9 Å². The molecule has 0 saturated carbocycles. The van der Waals surface area contributed by atoms with E-state index < -0.39 is 129 Å². The highest BCUT2D eigenvalue weighted by atomic mass is 33.1. The number of carbonyl (C=O) groups excluding carboxylic acids is 11. The first-order valence-corrected chi connectivity index (χ1v) is 25.7. The fourth-order valence-electron chi connectivity index (χ4n) is 6.23.